The van der Waals surface area contributed by atoms with Crippen LogP contribution in [0.3, 0.4) is 0 Å². The minimum Gasteiger partial charge on any atom is -0.393 e. The van der Waals surface area contributed by atoms with Crippen molar-refractivity contribution in [1.82, 2.24) is 0 Å². The molecule has 0 radical (unpaired) electrons. The Bertz CT molecular complexity index is 415. The van der Waals surface area contributed by atoms with Crippen LogP contribution in [-0.4, -0.2) is 36.7 Å². The van der Waals surface area contributed by atoms with E-state index in [4.69, 9.17) is 5.73 Å². The first kappa shape index (κ1) is 17.2. The molecule has 3 N–H and O–H groups in total. The highest BCUT2D eigenvalue weighted by Crippen LogP contribution is 2.39. The molecule has 4 nitrogen and oxygen atoms in total. The van der Waals surface area contributed by atoms with Crippen LogP contribution >= 0.6 is 0 Å². The van der Waals surface area contributed by atoms with E-state index in [1.54, 1.807) is 6.92 Å². The van der Waals surface area contributed by atoms with Gasteiger partial charge in [-0.1, -0.05) is 32.1 Å². The standard InChI is InChI=1S/C16H31NO3S/c1-12(18)9-10-21(19,20)14-7-8-15(16(17)11-14)13-5-3-2-4-6-13/h12-16,18H,2-11,17H2,1H3. The zero-order valence-corrected chi connectivity index (χ0v) is 14.0. The summed E-state index contributed by atoms with van der Waals surface area (Å²) in [5, 5.41) is 9.00. The fourth-order valence-corrected chi connectivity index (χ4v) is 6.18. The molecule has 4 atom stereocenters. The predicted octanol–water partition coefficient (Wildman–Crippen LogP) is 2.25. The average molecular weight is 317 g/mol. The molecule has 4 unspecified atom stereocenters. The van der Waals surface area contributed by atoms with Crippen molar-refractivity contribution in [3.8, 4) is 0 Å². The van der Waals surface area contributed by atoms with Crippen LogP contribution in [0.15, 0.2) is 0 Å². The molecule has 2 rings (SSSR count). The van der Waals surface area contributed by atoms with Gasteiger partial charge in [0.25, 0.3) is 0 Å². The Morgan fingerprint density at radius 3 is 2.38 bits per heavy atom. The van der Waals surface area contributed by atoms with E-state index >= 15 is 0 Å². The predicted molar refractivity (Wildman–Crippen MR) is 85.8 cm³/mol. The van der Waals surface area contributed by atoms with Crippen molar-refractivity contribution in [3.63, 3.8) is 0 Å². The molecule has 2 aliphatic carbocycles. The molecule has 0 aromatic rings. The Kier molecular flexibility index (Phi) is 6.09. The summed E-state index contributed by atoms with van der Waals surface area (Å²) in [6.07, 6.45) is 8.63. The summed E-state index contributed by atoms with van der Waals surface area (Å²) >= 11 is 0. The van der Waals surface area contributed by atoms with Gasteiger partial charge < -0.3 is 10.8 Å². The Morgan fingerprint density at radius 1 is 1.14 bits per heavy atom. The quantitative estimate of drug-likeness (QED) is 0.815. The second kappa shape index (κ2) is 7.42. The maximum Gasteiger partial charge on any atom is 0.153 e. The molecule has 0 saturated heterocycles. The van der Waals surface area contributed by atoms with Gasteiger partial charge in [-0.05, 0) is 44.4 Å². The van der Waals surface area contributed by atoms with Crippen molar-refractivity contribution in [2.45, 2.75) is 82.1 Å². The number of aliphatic hydroxyl groups excluding tert-OH is 1. The largest absolute Gasteiger partial charge is 0.393 e. The highest BCUT2D eigenvalue weighted by Gasteiger charge is 2.38. The Labute approximate surface area is 129 Å². The van der Waals surface area contributed by atoms with Crippen molar-refractivity contribution in [2.75, 3.05) is 5.75 Å². The second-order valence-corrected chi connectivity index (χ2v) is 9.57. The first-order chi connectivity index (χ1) is 9.90. The van der Waals surface area contributed by atoms with Gasteiger partial charge in [0.1, 0.15) is 0 Å². The zero-order valence-electron chi connectivity index (χ0n) is 13.2. The van der Waals surface area contributed by atoms with E-state index in [2.05, 4.69) is 0 Å². The lowest BCUT2D eigenvalue weighted by atomic mass is 9.71. The number of aliphatic hydroxyl groups is 1. The van der Waals surface area contributed by atoms with Crippen molar-refractivity contribution in [3.05, 3.63) is 0 Å². The van der Waals surface area contributed by atoms with Gasteiger partial charge in [0, 0.05) is 6.04 Å². The third-order valence-electron chi connectivity index (χ3n) is 5.49. The molecule has 0 amide bonds. The van der Waals surface area contributed by atoms with Gasteiger partial charge in [-0.15, -0.1) is 0 Å². The van der Waals surface area contributed by atoms with E-state index in [0.29, 0.717) is 18.8 Å². The number of hydrogen-bond donors (Lipinski definition) is 2. The molecule has 0 bridgehead atoms. The summed E-state index contributed by atoms with van der Waals surface area (Å²) in [5.74, 6) is 1.33. The smallest absolute Gasteiger partial charge is 0.153 e. The lowest BCUT2D eigenvalue weighted by Gasteiger charge is -2.40. The van der Waals surface area contributed by atoms with Crippen LogP contribution in [0.2, 0.25) is 0 Å². The summed E-state index contributed by atoms with van der Waals surface area (Å²) in [7, 11) is -3.11. The van der Waals surface area contributed by atoms with E-state index in [1.165, 1.54) is 32.1 Å². The van der Waals surface area contributed by atoms with Crippen molar-refractivity contribution in [1.29, 1.82) is 0 Å². The Balaban J connectivity index is 1.90. The van der Waals surface area contributed by atoms with E-state index < -0.39 is 15.9 Å². The maximum atomic E-state index is 12.4. The molecule has 21 heavy (non-hydrogen) atoms. The third kappa shape index (κ3) is 4.67. The minimum atomic E-state index is -3.11. The summed E-state index contributed by atoms with van der Waals surface area (Å²) in [4.78, 5) is 0. The fraction of sp³-hybridized carbons (Fsp3) is 1.00. The highest BCUT2D eigenvalue weighted by molar-refractivity contribution is 7.92. The van der Waals surface area contributed by atoms with E-state index in [1.807, 2.05) is 0 Å². The van der Waals surface area contributed by atoms with E-state index in [-0.39, 0.29) is 17.0 Å². The van der Waals surface area contributed by atoms with Gasteiger partial charge in [-0.25, -0.2) is 8.42 Å². The molecule has 124 valence electrons. The maximum absolute atomic E-state index is 12.4. The van der Waals surface area contributed by atoms with Crippen LogP contribution in [-0.2, 0) is 9.84 Å². The Morgan fingerprint density at radius 2 is 1.81 bits per heavy atom. The SMILES string of the molecule is CC(O)CCS(=O)(=O)C1CCC(C2CCCCC2)C(N)C1. The number of sulfone groups is 1. The average Bonchev–Trinajstić information content (AvgIpc) is 2.46. The molecule has 5 heteroatoms. The van der Waals surface area contributed by atoms with Crippen LogP contribution in [0.1, 0.15) is 64.7 Å². The number of rotatable bonds is 5. The molecule has 2 fully saturated rings. The number of nitrogens with two attached hydrogens (primary N) is 1. The molecule has 0 spiro atoms. The first-order valence-corrected chi connectivity index (χ1v) is 10.3. The topological polar surface area (TPSA) is 80.4 Å². The van der Waals surface area contributed by atoms with Crippen LogP contribution in [0.5, 0.6) is 0 Å². The monoisotopic (exact) mass is 317 g/mol. The molecule has 0 heterocycles. The molecule has 2 aliphatic rings. The van der Waals surface area contributed by atoms with Crippen LogP contribution < -0.4 is 5.73 Å². The van der Waals surface area contributed by atoms with Gasteiger partial charge in [-0.2, -0.15) is 0 Å². The summed E-state index contributed by atoms with van der Waals surface area (Å²) in [6, 6.07) is 0.0353. The van der Waals surface area contributed by atoms with Gasteiger partial charge in [-0.3, -0.25) is 0 Å². The van der Waals surface area contributed by atoms with E-state index in [0.717, 1.165) is 18.8 Å². The van der Waals surface area contributed by atoms with E-state index in [9.17, 15) is 13.5 Å². The highest BCUT2D eigenvalue weighted by atomic mass is 32.2. The third-order valence-corrected chi connectivity index (χ3v) is 7.74. The fourth-order valence-electron chi connectivity index (χ4n) is 4.16. The van der Waals surface area contributed by atoms with Gasteiger partial charge in [0.15, 0.2) is 9.84 Å². The van der Waals surface area contributed by atoms with Gasteiger partial charge in [0.05, 0.1) is 17.1 Å². The summed E-state index contributed by atoms with van der Waals surface area (Å²) in [6.45, 7) is 1.64. The zero-order chi connectivity index (χ0) is 15.5. The van der Waals surface area contributed by atoms with Gasteiger partial charge >= 0.3 is 0 Å². The van der Waals surface area contributed by atoms with Crippen molar-refractivity contribution in [2.24, 2.45) is 17.6 Å². The molecule has 0 aromatic heterocycles. The molecule has 2 saturated carbocycles. The van der Waals surface area contributed by atoms with Crippen LogP contribution in [0.4, 0.5) is 0 Å². The molecular formula is C16H31NO3S. The normalized spacial score (nSPS) is 33.8. The van der Waals surface area contributed by atoms with Crippen LogP contribution in [0.25, 0.3) is 0 Å². The first-order valence-electron chi connectivity index (χ1n) is 8.55. The lowest BCUT2D eigenvalue weighted by molar-refractivity contribution is 0.172. The van der Waals surface area contributed by atoms with Gasteiger partial charge in [0.2, 0.25) is 0 Å². The number of hydrogen-bond acceptors (Lipinski definition) is 4. The van der Waals surface area contributed by atoms with Crippen molar-refractivity contribution < 1.29 is 13.5 Å². The molecule has 0 aromatic carbocycles. The minimum absolute atomic E-state index is 0.0353. The van der Waals surface area contributed by atoms with Crippen molar-refractivity contribution >= 4 is 9.84 Å². The lowest BCUT2D eigenvalue weighted by Crippen LogP contribution is -2.45. The Hall–Kier alpha value is -0.130. The molecule has 0 aliphatic heterocycles. The summed E-state index contributed by atoms with van der Waals surface area (Å²) in [5.41, 5.74) is 6.34. The van der Waals surface area contributed by atoms with Crippen LogP contribution in [0, 0.1) is 11.8 Å². The second-order valence-electron chi connectivity index (χ2n) is 7.17. The molecular weight excluding hydrogens is 286 g/mol. The summed E-state index contributed by atoms with van der Waals surface area (Å²) < 4.78 is 24.7.